The highest BCUT2D eigenvalue weighted by Gasteiger charge is 2.29. The number of aromatic nitrogens is 4. The molecule has 214 valence electrons. The number of phenolic OH excluding ortho intramolecular Hbond substituents is 1. The minimum absolute atomic E-state index is 0.136. The van der Waals surface area contributed by atoms with Crippen molar-refractivity contribution in [2.45, 2.75) is 64.7 Å². The molecule has 0 saturated carbocycles. The number of phenols is 1. The van der Waals surface area contributed by atoms with Crippen LogP contribution in [-0.2, 0) is 24.3 Å². The number of tetrazole rings is 1. The molecule has 3 aromatic carbocycles. The van der Waals surface area contributed by atoms with E-state index in [1.165, 1.54) is 10.4 Å². The molecule has 2 atom stereocenters. The maximum Gasteiger partial charge on any atom is 0.303 e. The molecule has 41 heavy (non-hydrogen) atoms. The largest absolute Gasteiger partial charge is 0.508 e. The van der Waals surface area contributed by atoms with Crippen molar-refractivity contribution in [3.63, 3.8) is 0 Å². The van der Waals surface area contributed by atoms with E-state index >= 15 is 0 Å². The van der Waals surface area contributed by atoms with Gasteiger partial charge in [0.1, 0.15) is 5.75 Å². The number of carboxylic acid groups (broad SMARTS) is 1. The lowest BCUT2D eigenvalue weighted by Gasteiger charge is -2.45. The van der Waals surface area contributed by atoms with Gasteiger partial charge in [-0.05, 0) is 67.1 Å². The Balaban J connectivity index is 1.29. The van der Waals surface area contributed by atoms with Crippen LogP contribution in [0.15, 0.2) is 72.8 Å². The molecule has 1 aliphatic heterocycles. The summed E-state index contributed by atoms with van der Waals surface area (Å²) >= 11 is 0. The zero-order valence-electron chi connectivity index (χ0n) is 23.7. The van der Waals surface area contributed by atoms with Crippen LogP contribution in [0, 0.1) is 0 Å². The third kappa shape index (κ3) is 7.29. The number of benzene rings is 3. The highest BCUT2D eigenvalue weighted by molar-refractivity contribution is 5.66. The van der Waals surface area contributed by atoms with Crippen molar-refractivity contribution in [3.05, 3.63) is 89.5 Å². The summed E-state index contributed by atoms with van der Waals surface area (Å²) in [5.74, 6) is -0.00117. The van der Waals surface area contributed by atoms with Gasteiger partial charge in [-0.3, -0.25) is 9.69 Å². The van der Waals surface area contributed by atoms with Gasteiger partial charge < -0.3 is 15.1 Å². The first-order chi connectivity index (χ1) is 19.9. The molecule has 0 aliphatic carbocycles. The summed E-state index contributed by atoms with van der Waals surface area (Å²) in [5, 5.41) is 32.5. The number of nitrogens with zero attached hydrogens (tertiary/aromatic N) is 6. The van der Waals surface area contributed by atoms with Crippen LogP contribution in [0.2, 0.25) is 0 Å². The molecule has 0 spiro atoms. The Bertz CT molecular complexity index is 1460. The zero-order chi connectivity index (χ0) is 28.8. The number of anilines is 1. The summed E-state index contributed by atoms with van der Waals surface area (Å²) < 4.78 is 0. The lowest BCUT2D eigenvalue weighted by atomic mass is 9.98. The highest BCUT2D eigenvalue weighted by Crippen LogP contribution is 2.31. The monoisotopic (exact) mass is 554 g/mol. The Morgan fingerprint density at radius 1 is 0.927 bits per heavy atom. The molecule has 2 heterocycles. The number of aromatic hydroxyl groups is 1. The van der Waals surface area contributed by atoms with E-state index in [4.69, 9.17) is 5.11 Å². The van der Waals surface area contributed by atoms with E-state index in [2.05, 4.69) is 81.5 Å². The molecule has 4 aromatic rings. The van der Waals surface area contributed by atoms with Crippen LogP contribution in [0.5, 0.6) is 5.75 Å². The van der Waals surface area contributed by atoms with Gasteiger partial charge in [-0.1, -0.05) is 54.6 Å². The van der Waals surface area contributed by atoms with Crippen molar-refractivity contribution in [1.82, 2.24) is 25.1 Å². The van der Waals surface area contributed by atoms with Crippen LogP contribution in [0.1, 0.15) is 49.8 Å². The average molecular weight is 555 g/mol. The molecule has 0 unspecified atom stereocenters. The highest BCUT2D eigenvalue weighted by atomic mass is 16.4. The van der Waals surface area contributed by atoms with E-state index in [0.29, 0.717) is 43.7 Å². The average Bonchev–Trinajstić information content (AvgIpc) is 3.42. The minimum atomic E-state index is -0.796. The third-order valence-corrected chi connectivity index (χ3v) is 7.74. The van der Waals surface area contributed by atoms with E-state index < -0.39 is 5.97 Å². The molecule has 0 radical (unpaired) electrons. The molecular formula is C32H38N6O3. The van der Waals surface area contributed by atoms with Crippen LogP contribution < -0.4 is 4.90 Å². The molecule has 1 fully saturated rings. The molecule has 1 aromatic heterocycles. The zero-order valence-corrected chi connectivity index (χ0v) is 23.7. The second kappa shape index (κ2) is 13.0. The van der Waals surface area contributed by atoms with Crippen molar-refractivity contribution < 1.29 is 15.0 Å². The van der Waals surface area contributed by atoms with Crippen LogP contribution in [0.3, 0.4) is 0 Å². The van der Waals surface area contributed by atoms with Crippen molar-refractivity contribution in [3.8, 4) is 17.1 Å². The van der Waals surface area contributed by atoms with Crippen LogP contribution in [-0.4, -0.2) is 66.5 Å². The van der Waals surface area contributed by atoms with Gasteiger partial charge in [-0.2, -0.15) is 4.80 Å². The molecule has 2 N–H and O–H groups in total. The number of carbonyl (C=O) groups is 1. The quantitative estimate of drug-likeness (QED) is 0.250. The van der Waals surface area contributed by atoms with Crippen molar-refractivity contribution in [1.29, 1.82) is 0 Å². The van der Waals surface area contributed by atoms with Gasteiger partial charge in [0.15, 0.2) is 0 Å². The first-order valence-corrected chi connectivity index (χ1v) is 14.3. The predicted molar refractivity (Wildman–Crippen MR) is 159 cm³/mol. The van der Waals surface area contributed by atoms with Crippen LogP contribution >= 0.6 is 0 Å². The van der Waals surface area contributed by atoms with Gasteiger partial charge in [0, 0.05) is 55.5 Å². The molecule has 0 amide bonds. The van der Waals surface area contributed by atoms with Crippen molar-refractivity contribution >= 4 is 11.7 Å². The van der Waals surface area contributed by atoms with Gasteiger partial charge >= 0.3 is 5.97 Å². The molecule has 0 bridgehead atoms. The van der Waals surface area contributed by atoms with Gasteiger partial charge in [0.2, 0.25) is 5.82 Å². The SMILES string of the molecule is C[C@@H]1CN(c2cc(O)cc(Cc3ccccc3-c3nnn(CCCCC(=O)O)n3)c2)[C@@H](C)CN1Cc1ccccc1. The van der Waals surface area contributed by atoms with E-state index in [0.717, 1.165) is 42.0 Å². The van der Waals surface area contributed by atoms with Crippen LogP contribution in [0.4, 0.5) is 5.69 Å². The topological polar surface area (TPSA) is 108 Å². The fraction of sp³-hybridized carbons (Fsp3) is 0.375. The van der Waals surface area contributed by atoms with Gasteiger partial charge in [-0.25, -0.2) is 0 Å². The first kappa shape index (κ1) is 28.3. The summed E-state index contributed by atoms with van der Waals surface area (Å²) in [7, 11) is 0. The lowest BCUT2D eigenvalue weighted by molar-refractivity contribution is -0.137. The minimum Gasteiger partial charge on any atom is -0.508 e. The number of hydrogen-bond acceptors (Lipinski definition) is 7. The number of aryl methyl sites for hydroxylation is 1. The van der Waals surface area contributed by atoms with Gasteiger partial charge in [-0.15, -0.1) is 10.2 Å². The second-order valence-electron chi connectivity index (χ2n) is 11.0. The smallest absolute Gasteiger partial charge is 0.303 e. The van der Waals surface area contributed by atoms with E-state index in [-0.39, 0.29) is 12.2 Å². The summed E-state index contributed by atoms with van der Waals surface area (Å²) in [6.45, 7) is 7.80. The lowest BCUT2D eigenvalue weighted by Crippen LogP contribution is -2.56. The van der Waals surface area contributed by atoms with E-state index in [1.54, 1.807) is 0 Å². The summed E-state index contributed by atoms with van der Waals surface area (Å²) in [4.78, 5) is 17.2. The molecule has 1 aliphatic rings. The number of rotatable bonds is 11. The standard InChI is InChI=1S/C32H38N6O3/c1-23-21-37(24(2)20-36(23)22-25-10-4-3-5-11-25)28-17-26(18-29(39)19-28)16-27-12-6-7-13-30(27)32-33-35-38(34-32)15-9-8-14-31(40)41/h3-7,10-13,17-19,23-24,39H,8-9,14-16,20-22H2,1-2H3,(H,40,41)/t23-,24+/m1/s1. The molecular weight excluding hydrogens is 516 g/mol. The molecule has 9 heteroatoms. The fourth-order valence-corrected chi connectivity index (χ4v) is 5.61. The summed E-state index contributed by atoms with van der Waals surface area (Å²) in [6.07, 6.45) is 2.00. The number of unbranched alkanes of at least 4 members (excludes halogenated alkanes) is 1. The normalized spacial score (nSPS) is 17.6. The number of carboxylic acids is 1. The third-order valence-electron chi connectivity index (χ3n) is 7.74. The molecule has 5 rings (SSSR count). The Morgan fingerprint density at radius 3 is 2.51 bits per heavy atom. The van der Waals surface area contributed by atoms with E-state index in [9.17, 15) is 9.90 Å². The summed E-state index contributed by atoms with van der Waals surface area (Å²) in [5.41, 5.74) is 5.31. The van der Waals surface area contributed by atoms with Gasteiger partial charge in [0.05, 0.1) is 6.54 Å². The Hall–Kier alpha value is -4.24. The maximum atomic E-state index is 10.8. The van der Waals surface area contributed by atoms with E-state index in [1.807, 2.05) is 30.3 Å². The summed E-state index contributed by atoms with van der Waals surface area (Å²) in [6, 6.07) is 25.1. The Kier molecular flexibility index (Phi) is 8.94. The number of piperazine rings is 1. The number of hydrogen-bond donors (Lipinski definition) is 2. The van der Waals surface area contributed by atoms with Crippen molar-refractivity contribution in [2.75, 3.05) is 18.0 Å². The number of aliphatic carboxylic acids is 1. The van der Waals surface area contributed by atoms with Gasteiger partial charge in [0.25, 0.3) is 0 Å². The fourth-order valence-electron chi connectivity index (χ4n) is 5.61. The first-order valence-electron chi connectivity index (χ1n) is 14.3. The van der Waals surface area contributed by atoms with Crippen LogP contribution in [0.25, 0.3) is 11.4 Å². The maximum absolute atomic E-state index is 10.8. The molecule has 1 saturated heterocycles. The molecule has 9 nitrogen and oxygen atoms in total. The predicted octanol–water partition coefficient (Wildman–Crippen LogP) is 4.99. The Morgan fingerprint density at radius 2 is 1.71 bits per heavy atom. The second-order valence-corrected chi connectivity index (χ2v) is 11.0. The Labute approximate surface area is 241 Å². The van der Waals surface area contributed by atoms with Crippen molar-refractivity contribution in [2.24, 2.45) is 0 Å².